The summed E-state index contributed by atoms with van der Waals surface area (Å²) in [6.45, 7) is 1.60. The number of carbonyl (C=O) groups is 3. The molecule has 2 aromatic rings. The van der Waals surface area contributed by atoms with Gasteiger partial charge in [0.1, 0.15) is 0 Å². The van der Waals surface area contributed by atoms with Gasteiger partial charge >= 0.3 is 5.97 Å². The summed E-state index contributed by atoms with van der Waals surface area (Å²) in [6, 6.07) is 9.11. The van der Waals surface area contributed by atoms with E-state index in [4.69, 9.17) is 22.4 Å². The maximum Gasteiger partial charge on any atom is 0.307 e. The fraction of sp³-hybridized carbons (Fsp3) is 0.273. The number of thioether (sulfide) groups is 1. The van der Waals surface area contributed by atoms with Crippen molar-refractivity contribution in [3.8, 4) is 0 Å². The molecule has 3 N–H and O–H groups in total. The van der Waals surface area contributed by atoms with Crippen molar-refractivity contribution in [3.05, 3.63) is 63.8 Å². The standard InChI is InChI=1S/C15H15ClN2O2S.C7H7NO2/c16-11-3-1-2-9(6-13-12(19)7-14(20)21-13)15(11)18-5-4-10(17)8-18;9-7(10)5-6-1-3-8-4-2-6/h1-3,6,10H,4-5,7-8,17H2;1-4H,5H2,(H,9,10)/b13-6-;/t10-;/m0./s1. The summed E-state index contributed by atoms with van der Waals surface area (Å²) in [5, 5.41) is 8.89. The monoisotopic (exact) mass is 459 g/mol. The molecule has 0 saturated carbocycles. The number of anilines is 1. The number of benzene rings is 1. The second-order valence-electron chi connectivity index (χ2n) is 7.18. The average molecular weight is 460 g/mol. The SMILES string of the molecule is N[C@H]1CCN(c2c(Cl)cccc2/C=C2\SC(=O)CC2=O)C1.O=C(O)Cc1ccncc1. The van der Waals surface area contributed by atoms with Crippen LogP contribution >= 0.6 is 23.4 Å². The van der Waals surface area contributed by atoms with Gasteiger partial charge in [0.15, 0.2) is 5.78 Å². The highest BCUT2D eigenvalue weighted by molar-refractivity contribution is 8.18. The van der Waals surface area contributed by atoms with Crippen LogP contribution in [0.2, 0.25) is 5.02 Å². The molecule has 2 saturated heterocycles. The van der Waals surface area contributed by atoms with Crippen molar-refractivity contribution in [1.29, 1.82) is 0 Å². The fourth-order valence-corrected chi connectivity index (χ4v) is 4.45. The lowest BCUT2D eigenvalue weighted by atomic mass is 10.1. The molecule has 4 rings (SSSR count). The van der Waals surface area contributed by atoms with Crippen LogP contribution in [-0.2, 0) is 20.8 Å². The number of carboxylic acid groups (broad SMARTS) is 1. The highest BCUT2D eigenvalue weighted by atomic mass is 35.5. The molecule has 162 valence electrons. The van der Waals surface area contributed by atoms with E-state index in [0.717, 1.165) is 48.1 Å². The molecule has 3 heterocycles. The summed E-state index contributed by atoms with van der Waals surface area (Å²) in [5.41, 5.74) is 8.50. The Morgan fingerprint density at radius 2 is 2.03 bits per heavy atom. The number of halogens is 1. The van der Waals surface area contributed by atoms with Crippen LogP contribution in [0.25, 0.3) is 6.08 Å². The van der Waals surface area contributed by atoms with Gasteiger partial charge in [0.05, 0.1) is 28.5 Å². The molecular formula is C22H22ClN3O4S. The topological polar surface area (TPSA) is 114 Å². The number of ketones is 1. The number of carboxylic acids is 1. The van der Waals surface area contributed by atoms with E-state index in [1.807, 2.05) is 18.2 Å². The largest absolute Gasteiger partial charge is 0.481 e. The zero-order valence-electron chi connectivity index (χ0n) is 16.7. The molecule has 1 aromatic carbocycles. The summed E-state index contributed by atoms with van der Waals surface area (Å²) < 4.78 is 0. The van der Waals surface area contributed by atoms with Gasteiger partial charge in [-0.1, -0.05) is 23.7 Å². The zero-order valence-corrected chi connectivity index (χ0v) is 18.2. The van der Waals surface area contributed by atoms with E-state index >= 15 is 0 Å². The third-order valence-electron chi connectivity index (χ3n) is 4.75. The van der Waals surface area contributed by atoms with Gasteiger partial charge in [-0.05, 0) is 48.0 Å². The van der Waals surface area contributed by atoms with E-state index in [1.165, 1.54) is 0 Å². The Morgan fingerprint density at radius 1 is 1.29 bits per heavy atom. The Morgan fingerprint density at radius 3 is 2.61 bits per heavy atom. The van der Waals surface area contributed by atoms with E-state index < -0.39 is 5.97 Å². The quantitative estimate of drug-likeness (QED) is 0.529. The summed E-state index contributed by atoms with van der Waals surface area (Å²) >= 11 is 7.35. The Hall–Kier alpha value is -2.68. The second kappa shape index (κ2) is 10.6. The number of Topliss-reactive ketones (excluding diaryl/α,β-unsaturated/α-hetero) is 1. The second-order valence-corrected chi connectivity index (χ2v) is 8.69. The molecule has 2 aliphatic heterocycles. The highest BCUT2D eigenvalue weighted by Gasteiger charge is 2.27. The zero-order chi connectivity index (χ0) is 22.4. The normalized spacial score (nSPS) is 19.5. The van der Waals surface area contributed by atoms with Gasteiger partial charge in [0.2, 0.25) is 5.12 Å². The molecule has 0 radical (unpaired) electrons. The van der Waals surface area contributed by atoms with Gasteiger partial charge in [0, 0.05) is 37.1 Å². The Bertz CT molecular complexity index is 1010. The number of pyridine rings is 1. The number of allylic oxidation sites excluding steroid dienone is 1. The number of aromatic nitrogens is 1. The molecular weight excluding hydrogens is 438 g/mol. The lowest BCUT2D eigenvalue weighted by Gasteiger charge is -2.22. The number of hydrogen-bond acceptors (Lipinski definition) is 7. The third kappa shape index (κ3) is 6.40. The summed E-state index contributed by atoms with van der Waals surface area (Å²) in [6.07, 6.45) is 5.91. The molecule has 1 aromatic heterocycles. The number of rotatable bonds is 4. The number of aliphatic carboxylic acids is 1. The number of carbonyl (C=O) groups excluding carboxylic acids is 2. The van der Waals surface area contributed by atoms with Gasteiger partial charge < -0.3 is 15.7 Å². The first kappa shape index (κ1) is 23.0. The van der Waals surface area contributed by atoms with Crippen molar-refractivity contribution in [2.24, 2.45) is 5.73 Å². The molecule has 2 fully saturated rings. The minimum absolute atomic E-state index is 0.0129. The van der Waals surface area contributed by atoms with Crippen molar-refractivity contribution in [2.75, 3.05) is 18.0 Å². The predicted octanol–water partition coefficient (Wildman–Crippen LogP) is 3.16. The molecule has 0 unspecified atom stereocenters. The lowest BCUT2D eigenvalue weighted by Crippen LogP contribution is -2.26. The molecule has 0 spiro atoms. The van der Waals surface area contributed by atoms with Gasteiger partial charge in [-0.2, -0.15) is 0 Å². The van der Waals surface area contributed by atoms with E-state index in [2.05, 4.69) is 9.88 Å². The number of para-hydroxylation sites is 1. The first-order chi connectivity index (χ1) is 14.8. The molecule has 31 heavy (non-hydrogen) atoms. The number of nitrogens with zero attached hydrogens (tertiary/aromatic N) is 2. The third-order valence-corrected chi connectivity index (χ3v) is 6.00. The van der Waals surface area contributed by atoms with Crippen LogP contribution in [0, 0.1) is 0 Å². The Labute approximate surface area is 189 Å². The van der Waals surface area contributed by atoms with Crippen molar-refractivity contribution in [1.82, 2.24) is 4.98 Å². The first-order valence-corrected chi connectivity index (χ1v) is 10.9. The Kier molecular flexibility index (Phi) is 7.84. The van der Waals surface area contributed by atoms with Crippen LogP contribution < -0.4 is 10.6 Å². The molecule has 0 aliphatic carbocycles. The van der Waals surface area contributed by atoms with E-state index in [-0.39, 0.29) is 29.8 Å². The van der Waals surface area contributed by atoms with Gasteiger partial charge in [0.25, 0.3) is 0 Å². The fourth-order valence-electron chi connectivity index (χ4n) is 3.33. The van der Waals surface area contributed by atoms with Crippen LogP contribution in [-0.4, -0.2) is 46.1 Å². The van der Waals surface area contributed by atoms with Crippen LogP contribution in [0.1, 0.15) is 24.0 Å². The number of hydrogen-bond donors (Lipinski definition) is 2. The molecule has 0 bridgehead atoms. The molecule has 9 heteroatoms. The van der Waals surface area contributed by atoms with Gasteiger partial charge in [-0.25, -0.2) is 0 Å². The minimum atomic E-state index is -0.814. The van der Waals surface area contributed by atoms with Crippen LogP contribution in [0.15, 0.2) is 47.6 Å². The van der Waals surface area contributed by atoms with E-state index in [0.29, 0.717) is 9.93 Å². The molecule has 2 aliphatic rings. The number of nitrogens with two attached hydrogens (primary N) is 1. The van der Waals surface area contributed by atoms with Gasteiger partial charge in [-0.15, -0.1) is 0 Å². The van der Waals surface area contributed by atoms with E-state index in [9.17, 15) is 14.4 Å². The smallest absolute Gasteiger partial charge is 0.307 e. The van der Waals surface area contributed by atoms with Crippen molar-refractivity contribution in [2.45, 2.75) is 25.3 Å². The van der Waals surface area contributed by atoms with Crippen molar-refractivity contribution < 1.29 is 19.5 Å². The van der Waals surface area contributed by atoms with Crippen molar-refractivity contribution >= 4 is 52.0 Å². The maximum atomic E-state index is 11.8. The van der Waals surface area contributed by atoms with Crippen LogP contribution in [0.3, 0.4) is 0 Å². The lowest BCUT2D eigenvalue weighted by molar-refractivity contribution is -0.136. The highest BCUT2D eigenvalue weighted by Crippen LogP contribution is 2.37. The molecule has 1 atom stereocenters. The van der Waals surface area contributed by atoms with Crippen LogP contribution in [0.5, 0.6) is 0 Å². The van der Waals surface area contributed by atoms with Crippen molar-refractivity contribution in [3.63, 3.8) is 0 Å². The maximum absolute atomic E-state index is 11.8. The first-order valence-electron chi connectivity index (χ1n) is 9.69. The minimum Gasteiger partial charge on any atom is -0.481 e. The summed E-state index contributed by atoms with van der Waals surface area (Å²) in [7, 11) is 0. The van der Waals surface area contributed by atoms with Crippen LogP contribution in [0.4, 0.5) is 5.69 Å². The molecule has 0 amide bonds. The average Bonchev–Trinajstić information content (AvgIpc) is 3.27. The summed E-state index contributed by atoms with van der Waals surface area (Å²) in [4.78, 5) is 39.7. The van der Waals surface area contributed by atoms with E-state index in [1.54, 1.807) is 30.6 Å². The van der Waals surface area contributed by atoms with Gasteiger partial charge in [-0.3, -0.25) is 19.4 Å². The molecule has 7 nitrogen and oxygen atoms in total. The summed E-state index contributed by atoms with van der Waals surface area (Å²) in [5.74, 6) is -0.930. The predicted molar refractivity (Wildman–Crippen MR) is 122 cm³/mol. The Balaban J connectivity index is 0.000000229.